The maximum atomic E-state index is 11.8. The molecule has 0 fully saturated rings. The lowest BCUT2D eigenvalue weighted by Gasteiger charge is -2.06. The van der Waals surface area contributed by atoms with Crippen LogP contribution in [0.3, 0.4) is 0 Å². The average molecular weight is 247 g/mol. The number of hydrogen-bond acceptors (Lipinski definition) is 4. The Labute approximate surface area is 103 Å². The molecule has 2 aromatic rings. The van der Waals surface area contributed by atoms with Gasteiger partial charge in [-0.15, -0.1) is 11.3 Å². The van der Waals surface area contributed by atoms with Gasteiger partial charge in [0.05, 0.1) is 17.9 Å². The largest absolute Gasteiger partial charge is 0.397 e. The molecule has 17 heavy (non-hydrogen) atoms. The van der Waals surface area contributed by atoms with Gasteiger partial charge in [-0.2, -0.15) is 0 Å². The molecule has 0 aliphatic heterocycles. The number of anilines is 2. The highest BCUT2D eigenvalue weighted by atomic mass is 32.1. The molecule has 1 amide bonds. The van der Waals surface area contributed by atoms with E-state index in [0.29, 0.717) is 23.5 Å². The highest BCUT2D eigenvalue weighted by molar-refractivity contribution is 7.09. The molecular weight excluding hydrogens is 234 g/mol. The second-order valence-corrected chi connectivity index (χ2v) is 4.64. The minimum atomic E-state index is -0.148. The van der Waals surface area contributed by atoms with Gasteiger partial charge in [-0.05, 0) is 29.6 Å². The lowest BCUT2D eigenvalue weighted by atomic mass is 10.1. The van der Waals surface area contributed by atoms with Crippen LogP contribution in [-0.2, 0) is 6.54 Å². The summed E-state index contributed by atoms with van der Waals surface area (Å²) in [6, 6.07) is 8.81. The van der Waals surface area contributed by atoms with Crippen molar-refractivity contribution in [3.05, 3.63) is 46.2 Å². The lowest BCUT2D eigenvalue weighted by Crippen LogP contribution is -2.22. The Morgan fingerprint density at radius 1 is 1.24 bits per heavy atom. The van der Waals surface area contributed by atoms with E-state index in [0.717, 1.165) is 4.88 Å². The van der Waals surface area contributed by atoms with Gasteiger partial charge < -0.3 is 16.8 Å². The average Bonchev–Trinajstić information content (AvgIpc) is 2.82. The molecule has 5 N–H and O–H groups in total. The summed E-state index contributed by atoms with van der Waals surface area (Å²) < 4.78 is 0. The van der Waals surface area contributed by atoms with Gasteiger partial charge in [-0.1, -0.05) is 6.07 Å². The van der Waals surface area contributed by atoms with Crippen LogP contribution in [-0.4, -0.2) is 5.91 Å². The molecule has 0 unspecified atom stereocenters. The summed E-state index contributed by atoms with van der Waals surface area (Å²) in [5, 5.41) is 4.80. The summed E-state index contributed by atoms with van der Waals surface area (Å²) in [6.45, 7) is 0.529. The van der Waals surface area contributed by atoms with E-state index in [1.165, 1.54) is 0 Å². The highest BCUT2D eigenvalue weighted by Gasteiger charge is 2.06. The van der Waals surface area contributed by atoms with Gasteiger partial charge in [0.2, 0.25) is 0 Å². The smallest absolute Gasteiger partial charge is 0.251 e. The van der Waals surface area contributed by atoms with E-state index >= 15 is 0 Å². The molecule has 1 aromatic carbocycles. The molecule has 0 bridgehead atoms. The Morgan fingerprint density at radius 2 is 2.06 bits per heavy atom. The zero-order valence-corrected chi connectivity index (χ0v) is 9.96. The lowest BCUT2D eigenvalue weighted by molar-refractivity contribution is 0.0951. The van der Waals surface area contributed by atoms with Gasteiger partial charge in [0.15, 0.2) is 0 Å². The summed E-state index contributed by atoms with van der Waals surface area (Å²) >= 11 is 1.61. The van der Waals surface area contributed by atoms with Gasteiger partial charge >= 0.3 is 0 Å². The molecular formula is C12H13N3OS. The zero-order valence-electron chi connectivity index (χ0n) is 9.14. The Morgan fingerprint density at radius 3 is 2.71 bits per heavy atom. The third-order valence-electron chi connectivity index (χ3n) is 2.35. The van der Waals surface area contributed by atoms with Crippen LogP contribution in [0.25, 0.3) is 0 Å². The number of carbonyl (C=O) groups excluding carboxylic acids is 1. The van der Waals surface area contributed by atoms with Crippen LogP contribution in [0, 0.1) is 0 Å². The quantitative estimate of drug-likeness (QED) is 0.724. The van der Waals surface area contributed by atoms with Gasteiger partial charge in [0.1, 0.15) is 0 Å². The van der Waals surface area contributed by atoms with Crippen LogP contribution < -0.4 is 16.8 Å². The van der Waals surface area contributed by atoms with Gasteiger partial charge in [0, 0.05) is 10.4 Å². The number of nitrogen functional groups attached to an aromatic ring is 2. The summed E-state index contributed by atoms with van der Waals surface area (Å²) in [4.78, 5) is 12.9. The maximum absolute atomic E-state index is 11.8. The van der Waals surface area contributed by atoms with Crippen molar-refractivity contribution in [3.63, 3.8) is 0 Å². The first kappa shape index (κ1) is 11.5. The molecule has 0 saturated carbocycles. The Kier molecular flexibility index (Phi) is 3.30. The molecule has 0 atom stereocenters. The van der Waals surface area contributed by atoms with Gasteiger partial charge in [-0.3, -0.25) is 4.79 Å². The number of rotatable bonds is 3. The summed E-state index contributed by atoms with van der Waals surface area (Å²) in [6.07, 6.45) is 0. The predicted octanol–water partition coefficient (Wildman–Crippen LogP) is 1.84. The number of hydrogen-bond donors (Lipinski definition) is 3. The van der Waals surface area contributed by atoms with Crippen molar-refractivity contribution in [2.24, 2.45) is 0 Å². The van der Waals surface area contributed by atoms with Crippen molar-refractivity contribution in [3.8, 4) is 0 Å². The minimum Gasteiger partial charge on any atom is -0.397 e. The van der Waals surface area contributed by atoms with E-state index in [-0.39, 0.29) is 5.91 Å². The van der Waals surface area contributed by atoms with E-state index in [2.05, 4.69) is 5.32 Å². The van der Waals surface area contributed by atoms with Crippen molar-refractivity contribution in [2.45, 2.75) is 6.54 Å². The molecule has 0 spiro atoms. The van der Waals surface area contributed by atoms with E-state index in [9.17, 15) is 4.79 Å². The molecule has 0 aliphatic carbocycles. The SMILES string of the molecule is Nc1ccc(C(=O)NCc2cccs2)cc1N. The molecule has 0 saturated heterocycles. The molecule has 2 rings (SSSR count). The fraction of sp³-hybridized carbons (Fsp3) is 0.0833. The molecule has 1 aromatic heterocycles. The number of nitrogens with one attached hydrogen (secondary N) is 1. The molecule has 0 radical (unpaired) electrons. The summed E-state index contributed by atoms with van der Waals surface area (Å²) in [5.74, 6) is -0.148. The number of amides is 1. The molecule has 0 aliphatic rings. The second kappa shape index (κ2) is 4.88. The van der Waals surface area contributed by atoms with Gasteiger partial charge in [-0.25, -0.2) is 0 Å². The van der Waals surface area contributed by atoms with Crippen LogP contribution in [0.15, 0.2) is 35.7 Å². The van der Waals surface area contributed by atoms with Crippen LogP contribution in [0.2, 0.25) is 0 Å². The van der Waals surface area contributed by atoms with Crippen LogP contribution >= 0.6 is 11.3 Å². The number of nitrogens with two attached hydrogens (primary N) is 2. The first-order valence-corrected chi connectivity index (χ1v) is 6.00. The van der Waals surface area contributed by atoms with Crippen LogP contribution in [0.5, 0.6) is 0 Å². The monoisotopic (exact) mass is 247 g/mol. The van der Waals surface area contributed by atoms with E-state index in [1.54, 1.807) is 29.5 Å². The third-order valence-corrected chi connectivity index (χ3v) is 3.23. The first-order valence-electron chi connectivity index (χ1n) is 5.12. The Balaban J connectivity index is 2.02. The third kappa shape index (κ3) is 2.76. The highest BCUT2D eigenvalue weighted by Crippen LogP contribution is 2.16. The Hall–Kier alpha value is -2.01. The first-order chi connectivity index (χ1) is 8.16. The normalized spacial score (nSPS) is 10.1. The topological polar surface area (TPSA) is 81.1 Å². The van der Waals surface area contributed by atoms with Crippen molar-refractivity contribution >= 4 is 28.6 Å². The van der Waals surface area contributed by atoms with Crippen LogP contribution in [0.1, 0.15) is 15.2 Å². The fourth-order valence-corrected chi connectivity index (χ4v) is 2.04. The second-order valence-electron chi connectivity index (χ2n) is 3.61. The summed E-state index contributed by atoms with van der Waals surface area (Å²) in [7, 11) is 0. The molecule has 4 nitrogen and oxygen atoms in total. The number of thiophene rings is 1. The van der Waals surface area contributed by atoms with Crippen molar-refractivity contribution in [1.29, 1.82) is 0 Å². The predicted molar refractivity (Wildman–Crippen MR) is 70.8 cm³/mol. The fourth-order valence-electron chi connectivity index (χ4n) is 1.40. The van der Waals surface area contributed by atoms with Crippen molar-refractivity contribution in [1.82, 2.24) is 5.32 Å². The van der Waals surface area contributed by atoms with E-state index < -0.39 is 0 Å². The van der Waals surface area contributed by atoms with Crippen molar-refractivity contribution < 1.29 is 4.79 Å². The molecule has 1 heterocycles. The van der Waals surface area contributed by atoms with Crippen LogP contribution in [0.4, 0.5) is 11.4 Å². The molecule has 88 valence electrons. The molecule has 5 heteroatoms. The zero-order chi connectivity index (χ0) is 12.3. The standard InChI is InChI=1S/C12H13N3OS/c13-10-4-3-8(6-11(10)14)12(16)15-7-9-2-1-5-17-9/h1-6H,7,13-14H2,(H,15,16). The van der Waals surface area contributed by atoms with E-state index in [4.69, 9.17) is 11.5 Å². The maximum Gasteiger partial charge on any atom is 0.251 e. The Bertz CT molecular complexity index is 523. The van der Waals surface area contributed by atoms with Gasteiger partial charge in [0.25, 0.3) is 5.91 Å². The minimum absolute atomic E-state index is 0.148. The van der Waals surface area contributed by atoms with Crippen molar-refractivity contribution in [2.75, 3.05) is 11.5 Å². The number of carbonyl (C=O) groups is 1. The summed E-state index contributed by atoms with van der Waals surface area (Å²) in [5.41, 5.74) is 12.7. The van der Waals surface area contributed by atoms with E-state index in [1.807, 2.05) is 17.5 Å². The number of benzene rings is 1.